The summed E-state index contributed by atoms with van der Waals surface area (Å²) in [5, 5.41) is 4.18. The molecular weight excluding hydrogens is 482 g/mol. The number of rotatable bonds is 12. The van der Waals surface area contributed by atoms with Crippen molar-refractivity contribution >= 4 is 16.8 Å². The number of hydrogen-bond donors (Lipinski definition) is 1. The number of aromatic nitrogens is 1. The number of nitrogens with one attached hydrogen (secondary N) is 1. The maximum atomic E-state index is 13.2. The molecule has 5 rings (SSSR count). The standard InChI is InChI=1S/C34H41N3O2/c1-2-29-13-9-16-31-32(34(38)35-25-28-11-5-3-6-12-28)26-37(33(29)31)21-10-20-36-22-17-27(18-23-36)19-24-39-30-14-7-4-8-15-30/h3-9,11-16,26-27H,2,10,17-25H2,1H3,(H,35,38). The third-order valence-corrected chi connectivity index (χ3v) is 8.02. The molecule has 1 fully saturated rings. The Kier molecular flexibility index (Phi) is 9.34. The maximum absolute atomic E-state index is 13.2. The quantitative estimate of drug-likeness (QED) is 0.225. The highest BCUT2D eigenvalue weighted by Gasteiger charge is 2.20. The van der Waals surface area contributed by atoms with E-state index in [0.717, 1.165) is 80.2 Å². The van der Waals surface area contributed by atoms with E-state index in [9.17, 15) is 4.79 Å². The number of para-hydroxylation sites is 2. The summed E-state index contributed by atoms with van der Waals surface area (Å²) in [4.78, 5) is 15.8. The molecule has 0 saturated carbocycles. The molecule has 1 saturated heterocycles. The smallest absolute Gasteiger partial charge is 0.253 e. The minimum absolute atomic E-state index is 0.00540. The summed E-state index contributed by atoms with van der Waals surface area (Å²) >= 11 is 0. The van der Waals surface area contributed by atoms with Gasteiger partial charge in [-0.3, -0.25) is 4.79 Å². The number of carbonyl (C=O) groups is 1. The van der Waals surface area contributed by atoms with Crippen LogP contribution in [0.1, 0.15) is 54.1 Å². The van der Waals surface area contributed by atoms with Gasteiger partial charge in [-0.1, -0.05) is 73.7 Å². The fourth-order valence-electron chi connectivity index (χ4n) is 5.78. The zero-order valence-electron chi connectivity index (χ0n) is 23.1. The molecular formula is C34H41N3O2. The fourth-order valence-corrected chi connectivity index (χ4v) is 5.78. The predicted molar refractivity (Wildman–Crippen MR) is 159 cm³/mol. The molecule has 0 bridgehead atoms. The number of ether oxygens (including phenoxy) is 1. The number of carbonyl (C=O) groups excluding carboxylic acids is 1. The van der Waals surface area contributed by atoms with Crippen molar-refractivity contribution in [3.63, 3.8) is 0 Å². The first-order valence-corrected chi connectivity index (χ1v) is 14.5. The predicted octanol–water partition coefficient (Wildman–Crippen LogP) is 6.70. The summed E-state index contributed by atoms with van der Waals surface area (Å²) in [7, 11) is 0. The lowest BCUT2D eigenvalue weighted by Crippen LogP contribution is -2.35. The number of likely N-dealkylation sites (tertiary alicyclic amines) is 1. The molecule has 5 heteroatoms. The molecule has 1 N–H and O–H groups in total. The van der Waals surface area contributed by atoms with Crippen LogP contribution in [0.5, 0.6) is 5.75 Å². The van der Waals surface area contributed by atoms with E-state index in [1.807, 2.05) is 60.7 Å². The number of benzene rings is 3. The van der Waals surface area contributed by atoms with E-state index in [1.54, 1.807) is 0 Å². The van der Waals surface area contributed by atoms with E-state index in [2.05, 4.69) is 46.1 Å². The van der Waals surface area contributed by atoms with Gasteiger partial charge < -0.3 is 19.5 Å². The van der Waals surface area contributed by atoms with Crippen LogP contribution in [0.4, 0.5) is 0 Å². The number of amides is 1. The van der Waals surface area contributed by atoms with Crippen LogP contribution in [-0.4, -0.2) is 41.6 Å². The molecule has 1 aliphatic heterocycles. The molecule has 2 heterocycles. The first-order chi connectivity index (χ1) is 19.2. The number of hydrogen-bond acceptors (Lipinski definition) is 3. The summed E-state index contributed by atoms with van der Waals surface area (Å²) in [5.74, 6) is 1.71. The van der Waals surface area contributed by atoms with Crippen LogP contribution in [0.25, 0.3) is 10.9 Å². The first kappa shape index (κ1) is 27.0. The molecule has 204 valence electrons. The molecule has 0 atom stereocenters. The van der Waals surface area contributed by atoms with Crippen molar-refractivity contribution in [3.8, 4) is 5.75 Å². The molecule has 0 aliphatic carbocycles. The van der Waals surface area contributed by atoms with E-state index in [1.165, 1.54) is 23.9 Å². The van der Waals surface area contributed by atoms with Crippen LogP contribution in [0.3, 0.4) is 0 Å². The van der Waals surface area contributed by atoms with E-state index in [4.69, 9.17) is 4.74 Å². The Hall–Kier alpha value is -3.57. The van der Waals surface area contributed by atoms with Crippen molar-refractivity contribution in [2.75, 3.05) is 26.2 Å². The van der Waals surface area contributed by atoms with Gasteiger partial charge in [0.15, 0.2) is 0 Å². The van der Waals surface area contributed by atoms with Crippen LogP contribution in [0, 0.1) is 5.92 Å². The van der Waals surface area contributed by atoms with Crippen LogP contribution in [0.15, 0.2) is 85.1 Å². The van der Waals surface area contributed by atoms with Gasteiger partial charge in [0.2, 0.25) is 0 Å². The Morgan fingerprint density at radius 1 is 0.923 bits per heavy atom. The summed E-state index contributed by atoms with van der Waals surface area (Å²) < 4.78 is 8.23. The van der Waals surface area contributed by atoms with Crippen LogP contribution >= 0.6 is 0 Å². The summed E-state index contributed by atoms with van der Waals surface area (Å²) in [6, 6.07) is 26.6. The first-order valence-electron chi connectivity index (χ1n) is 14.5. The highest BCUT2D eigenvalue weighted by molar-refractivity contribution is 6.07. The topological polar surface area (TPSA) is 46.5 Å². The molecule has 5 nitrogen and oxygen atoms in total. The van der Waals surface area contributed by atoms with Gasteiger partial charge in [-0.25, -0.2) is 0 Å². The Bertz CT molecular complexity index is 1320. The highest BCUT2D eigenvalue weighted by Crippen LogP contribution is 2.27. The Morgan fingerprint density at radius 2 is 1.67 bits per heavy atom. The van der Waals surface area contributed by atoms with Gasteiger partial charge in [0.05, 0.1) is 17.7 Å². The van der Waals surface area contributed by atoms with Crippen LogP contribution in [0.2, 0.25) is 0 Å². The second-order valence-corrected chi connectivity index (χ2v) is 10.7. The van der Waals surface area contributed by atoms with Gasteiger partial charge in [-0.05, 0) is 80.9 Å². The number of piperidine rings is 1. The molecule has 39 heavy (non-hydrogen) atoms. The highest BCUT2D eigenvalue weighted by atomic mass is 16.5. The maximum Gasteiger partial charge on any atom is 0.253 e. The van der Waals surface area contributed by atoms with Crippen molar-refractivity contribution in [1.82, 2.24) is 14.8 Å². The third-order valence-electron chi connectivity index (χ3n) is 8.02. The summed E-state index contributed by atoms with van der Waals surface area (Å²) in [6.07, 6.45) is 7.73. The lowest BCUT2D eigenvalue weighted by Gasteiger charge is -2.32. The lowest BCUT2D eigenvalue weighted by molar-refractivity contribution is 0.0952. The lowest BCUT2D eigenvalue weighted by atomic mass is 9.94. The van der Waals surface area contributed by atoms with Gasteiger partial charge >= 0.3 is 0 Å². The SMILES string of the molecule is CCc1cccc2c(C(=O)NCc3ccccc3)cn(CCCN3CCC(CCOc4ccccc4)CC3)c12. The number of aryl methyl sites for hydroxylation is 2. The Labute approximate surface area is 232 Å². The van der Waals surface area contributed by atoms with Crippen molar-refractivity contribution in [2.24, 2.45) is 5.92 Å². The second kappa shape index (κ2) is 13.5. The van der Waals surface area contributed by atoms with Gasteiger partial charge in [-0.15, -0.1) is 0 Å². The van der Waals surface area contributed by atoms with Gasteiger partial charge in [0.1, 0.15) is 5.75 Å². The van der Waals surface area contributed by atoms with Gasteiger partial charge in [0.25, 0.3) is 5.91 Å². The monoisotopic (exact) mass is 523 g/mol. The second-order valence-electron chi connectivity index (χ2n) is 10.7. The Morgan fingerprint density at radius 3 is 2.41 bits per heavy atom. The third kappa shape index (κ3) is 7.10. The fraction of sp³-hybridized carbons (Fsp3) is 0.382. The molecule has 1 amide bonds. The van der Waals surface area contributed by atoms with Crippen LogP contribution < -0.4 is 10.1 Å². The molecule has 1 aromatic heterocycles. The van der Waals surface area contributed by atoms with E-state index < -0.39 is 0 Å². The zero-order valence-corrected chi connectivity index (χ0v) is 23.1. The average Bonchev–Trinajstić information content (AvgIpc) is 3.37. The zero-order chi connectivity index (χ0) is 26.9. The average molecular weight is 524 g/mol. The molecule has 3 aromatic carbocycles. The largest absolute Gasteiger partial charge is 0.494 e. The number of nitrogens with zero attached hydrogens (tertiary/aromatic N) is 2. The Balaban J connectivity index is 1.13. The molecule has 0 radical (unpaired) electrons. The summed E-state index contributed by atoms with van der Waals surface area (Å²) in [6.45, 7) is 7.87. The summed E-state index contributed by atoms with van der Waals surface area (Å²) in [5.41, 5.74) is 4.39. The minimum atomic E-state index is -0.00540. The van der Waals surface area contributed by atoms with Crippen molar-refractivity contribution in [3.05, 3.63) is 102 Å². The minimum Gasteiger partial charge on any atom is -0.494 e. The van der Waals surface area contributed by atoms with Crippen molar-refractivity contribution in [1.29, 1.82) is 0 Å². The molecule has 1 aliphatic rings. The van der Waals surface area contributed by atoms with Crippen molar-refractivity contribution in [2.45, 2.75) is 52.1 Å². The van der Waals surface area contributed by atoms with Gasteiger partial charge in [0, 0.05) is 24.7 Å². The van der Waals surface area contributed by atoms with E-state index in [-0.39, 0.29) is 5.91 Å². The molecule has 0 unspecified atom stereocenters. The van der Waals surface area contributed by atoms with E-state index >= 15 is 0 Å². The van der Waals surface area contributed by atoms with Crippen molar-refractivity contribution < 1.29 is 9.53 Å². The number of fused-ring (bicyclic) bond motifs is 1. The molecule has 0 spiro atoms. The molecule has 4 aromatic rings. The van der Waals surface area contributed by atoms with Crippen LogP contribution in [-0.2, 0) is 19.5 Å². The normalized spacial score (nSPS) is 14.5. The van der Waals surface area contributed by atoms with Gasteiger partial charge in [-0.2, -0.15) is 0 Å². The van der Waals surface area contributed by atoms with E-state index in [0.29, 0.717) is 6.54 Å².